The van der Waals surface area contributed by atoms with Gasteiger partial charge in [-0.05, 0) is 81.5 Å². The van der Waals surface area contributed by atoms with Gasteiger partial charge in [0.1, 0.15) is 12.0 Å². The maximum absolute atomic E-state index is 12.7. The summed E-state index contributed by atoms with van der Waals surface area (Å²) in [6.07, 6.45) is 1.53. The monoisotopic (exact) mass is 525 g/mol. The molecule has 2 fully saturated rings. The van der Waals surface area contributed by atoms with Gasteiger partial charge in [0.25, 0.3) is 0 Å². The van der Waals surface area contributed by atoms with Gasteiger partial charge < -0.3 is 20.6 Å². The van der Waals surface area contributed by atoms with Crippen LogP contribution in [-0.4, -0.2) is 70.9 Å². The lowest BCUT2D eigenvalue weighted by Gasteiger charge is -2.36. The van der Waals surface area contributed by atoms with E-state index in [9.17, 15) is 18.3 Å². The lowest BCUT2D eigenvalue weighted by atomic mass is 10.0. The van der Waals surface area contributed by atoms with Crippen molar-refractivity contribution in [3.8, 4) is 0 Å². The summed E-state index contributed by atoms with van der Waals surface area (Å²) < 4.78 is 38.1. The number of halogens is 4. The van der Waals surface area contributed by atoms with Gasteiger partial charge in [-0.25, -0.2) is 4.98 Å². The number of nitrogens with one attached hydrogen (secondary N) is 2. The summed E-state index contributed by atoms with van der Waals surface area (Å²) in [5.41, 5.74) is 0.362. The van der Waals surface area contributed by atoms with Gasteiger partial charge in [-0.1, -0.05) is 11.6 Å². The largest absolute Gasteiger partial charge is 0.417 e. The highest BCUT2D eigenvalue weighted by atomic mass is 35.5. The first-order valence-electron chi connectivity index (χ1n) is 12.7. The molecule has 0 saturated carbocycles. The third-order valence-electron chi connectivity index (χ3n) is 7.13. The third-order valence-corrected chi connectivity index (χ3v) is 7.39. The van der Waals surface area contributed by atoms with Crippen LogP contribution in [0.5, 0.6) is 0 Å². The maximum atomic E-state index is 12.7. The fourth-order valence-electron chi connectivity index (χ4n) is 4.96. The van der Waals surface area contributed by atoms with Crippen molar-refractivity contribution >= 4 is 23.1 Å². The number of hydrogen-bond acceptors (Lipinski definition) is 6. The van der Waals surface area contributed by atoms with Gasteiger partial charge in [0.05, 0.1) is 5.56 Å². The van der Waals surface area contributed by atoms with Crippen molar-refractivity contribution in [1.82, 2.24) is 14.8 Å². The van der Waals surface area contributed by atoms with E-state index in [1.54, 1.807) is 0 Å². The van der Waals surface area contributed by atoms with Crippen LogP contribution in [0.2, 0.25) is 5.02 Å². The number of pyridine rings is 1. The molecule has 2 aliphatic heterocycles. The number of likely N-dealkylation sites (tertiary alicyclic amines) is 2. The molecular weight excluding hydrogens is 491 g/mol. The number of alkyl halides is 3. The SMILES string of the molecule is OC(CCCN1CCC(Nc2ccc(Cl)cc2)CC1)N1CCC(Nc2ccc(C(F)(F)F)cn2)CC1. The second-order valence-corrected chi connectivity index (χ2v) is 10.2. The van der Waals surface area contributed by atoms with Crippen LogP contribution in [0, 0.1) is 0 Å². The molecule has 1 aromatic heterocycles. The molecule has 1 unspecified atom stereocenters. The van der Waals surface area contributed by atoms with Crippen LogP contribution in [0.4, 0.5) is 24.7 Å². The fraction of sp³-hybridized carbons (Fsp3) is 0.577. The Balaban J connectivity index is 1.09. The van der Waals surface area contributed by atoms with Crippen molar-refractivity contribution < 1.29 is 18.3 Å². The molecule has 4 rings (SSSR count). The molecular formula is C26H35ClF3N5O. The highest BCUT2D eigenvalue weighted by Gasteiger charge is 2.31. The van der Waals surface area contributed by atoms with Crippen LogP contribution < -0.4 is 10.6 Å². The van der Waals surface area contributed by atoms with E-state index in [1.807, 2.05) is 24.3 Å². The van der Waals surface area contributed by atoms with Gasteiger partial charge in [0, 0.05) is 55.2 Å². The molecule has 2 saturated heterocycles. The number of nitrogens with zero attached hydrogens (tertiary/aromatic N) is 3. The first-order valence-corrected chi connectivity index (χ1v) is 13.1. The molecule has 3 heterocycles. The number of aromatic nitrogens is 1. The van der Waals surface area contributed by atoms with Crippen LogP contribution in [-0.2, 0) is 6.18 Å². The lowest BCUT2D eigenvalue weighted by molar-refractivity contribution is -0.137. The minimum absolute atomic E-state index is 0.139. The zero-order valence-electron chi connectivity index (χ0n) is 20.4. The number of piperidine rings is 2. The van der Waals surface area contributed by atoms with E-state index in [-0.39, 0.29) is 6.04 Å². The van der Waals surface area contributed by atoms with Crippen LogP contribution in [0.3, 0.4) is 0 Å². The number of rotatable bonds is 9. The van der Waals surface area contributed by atoms with Crippen molar-refractivity contribution in [2.45, 2.75) is 63.0 Å². The predicted molar refractivity (Wildman–Crippen MR) is 137 cm³/mol. The Hall–Kier alpha value is -2.07. The Morgan fingerprint density at radius 3 is 2.19 bits per heavy atom. The van der Waals surface area contributed by atoms with Crippen molar-refractivity contribution in [3.05, 3.63) is 53.2 Å². The smallest absolute Gasteiger partial charge is 0.382 e. The van der Waals surface area contributed by atoms with E-state index in [1.165, 1.54) is 6.07 Å². The molecule has 0 radical (unpaired) electrons. The van der Waals surface area contributed by atoms with Gasteiger partial charge in [-0.15, -0.1) is 0 Å². The van der Waals surface area contributed by atoms with Crippen LogP contribution in [0.15, 0.2) is 42.6 Å². The first kappa shape index (κ1) is 27.0. The molecule has 2 aromatic rings. The van der Waals surface area contributed by atoms with Gasteiger partial charge in [-0.2, -0.15) is 13.2 Å². The highest BCUT2D eigenvalue weighted by molar-refractivity contribution is 6.30. The second-order valence-electron chi connectivity index (χ2n) is 9.77. The topological polar surface area (TPSA) is 63.7 Å². The predicted octanol–water partition coefficient (Wildman–Crippen LogP) is 5.31. The molecule has 36 heavy (non-hydrogen) atoms. The number of anilines is 2. The highest BCUT2D eigenvalue weighted by Crippen LogP contribution is 2.29. The first-order chi connectivity index (χ1) is 17.3. The third kappa shape index (κ3) is 7.96. The lowest BCUT2D eigenvalue weighted by Crippen LogP contribution is -2.45. The average molecular weight is 526 g/mol. The van der Waals surface area contributed by atoms with Crippen LogP contribution in [0.1, 0.15) is 44.1 Å². The summed E-state index contributed by atoms with van der Waals surface area (Å²) in [5, 5.41) is 18.2. The van der Waals surface area contributed by atoms with Crippen molar-refractivity contribution in [2.75, 3.05) is 43.4 Å². The minimum Gasteiger partial charge on any atom is -0.382 e. The Morgan fingerprint density at radius 1 is 0.944 bits per heavy atom. The van der Waals surface area contributed by atoms with Gasteiger partial charge in [-0.3, -0.25) is 4.90 Å². The molecule has 2 aliphatic rings. The number of benzene rings is 1. The van der Waals surface area contributed by atoms with E-state index in [2.05, 4.69) is 25.4 Å². The molecule has 3 N–H and O–H groups in total. The van der Waals surface area contributed by atoms with Crippen LogP contribution in [0.25, 0.3) is 0 Å². The normalized spacial score (nSPS) is 19.8. The van der Waals surface area contributed by atoms with Gasteiger partial charge >= 0.3 is 6.18 Å². The summed E-state index contributed by atoms with van der Waals surface area (Å²) in [6, 6.07) is 10.9. The molecule has 0 bridgehead atoms. The zero-order valence-corrected chi connectivity index (χ0v) is 21.1. The minimum atomic E-state index is -4.38. The molecule has 1 atom stereocenters. The summed E-state index contributed by atoms with van der Waals surface area (Å²) >= 11 is 5.96. The summed E-state index contributed by atoms with van der Waals surface area (Å²) in [7, 11) is 0. The second kappa shape index (κ2) is 12.4. The quantitative estimate of drug-likeness (QED) is 0.413. The van der Waals surface area contributed by atoms with E-state index in [4.69, 9.17) is 11.6 Å². The average Bonchev–Trinajstić information content (AvgIpc) is 2.87. The van der Waals surface area contributed by atoms with Crippen molar-refractivity contribution in [3.63, 3.8) is 0 Å². The molecule has 0 aliphatic carbocycles. The van der Waals surface area contributed by atoms with E-state index >= 15 is 0 Å². The van der Waals surface area contributed by atoms with Gasteiger partial charge in [0.15, 0.2) is 0 Å². The Labute approximate surface area is 215 Å². The summed E-state index contributed by atoms with van der Waals surface area (Å²) in [5.74, 6) is 0.453. The fourth-order valence-corrected chi connectivity index (χ4v) is 5.09. The number of hydrogen-bond donors (Lipinski definition) is 3. The number of aliphatic hydroxyl groups excluding tert-OH is 1. The Kier molecular flexibility index (Phi) is 9.33. The van der Waals surface area contributed by atoms with E-state index < -0.39 is 18.0 Å². The molecule has 198 valence electrons. The molecule has 0 amide bonds. The maximum Gasteiger partial charge on any atom is 0.417 e. The van der Waals surface area contributed by atoms with E-state index in [0.717, 1.165) is 94.2 Å². The zero-order chi connectivity index (χ0) is 25.5. The molecule has 6 nitrogen and oxygen atoms in total. The van der Waals surface area contributed by atoms with E-state index in [0.29, 0.717) is 11.9 Å². The van der Waals surface area contributed by atoms with Gasteiger partial charge in [0.2, 0.25) is 0 Å². The summed E-state index contributed by atoms with van der Waals surface area (Å²) in [6.45, 7) is 4.59. The standard InChI is InChI=1S/C26H35ClF3N5O/c27-20-4-6-21(7-5-20)32-22-9-14-34(15-10-22)13-1-2-25(36)35-16-11-23(12-17-35)33-24-8-3-19(18-31-24)26(28,29)30/h3-8,18,22-23,25,32,36H,1-2,9-17H2,(H,31,33). The number of aliphatic hydroxyl groups is 1. The Morgan fingerprint density at radius 2 is 1.58 bits per heavy atom. The molecule has 1 aromatic carbocycles. The Bertz CT molecular complexity index is 928. The summed E-state index contributed by atoms with van der Waals surface area (Å²) in [4.78, 5) is 8.47. The van der Waals surface area contributed by atoms with Crippen molar-refractivity contribution in [1.29, 1.82) is 0 Å². The molecule has 0 spiro atoms. The molecule has 10 heteroatoms. The van der Waals surface area contributed by atoms with Crippen molar-refractivity contribution in [2.24, 2.45) is 0 Å². The van der Waals surface area contributed by atoms with Crippen LogP contribution >= 0.6 is 11.6 Å².